The molecule has 5 nitrogen and oxygen atoms in total. The highest BCUT2D eigenvalue weighted by Gasteiger charge is 2.33. The maximum atomic E-state index is 12.9. The maximum absolute atomic E-state index is 12.9. The maximum Gasteiger partial charge on any atom is 0.418 e. The molecule has 0 aromatic heterocycles. The fourth-order valence-corrected chi connectivity index (χ4v) is 2.79. The van der Waals surface area contributed by atoms with Gasteiger partial charge < -0.3 is 0 Å². The molecule has 2 aromatic carbocycles. The minimum absolute atomic E-state index is 0.0455. The van der Waals surface area contributed by atoms with E-state index < -0.39 is 27.5 Å². The Balaban J connectivity index is 2.25. The van der Waals surface area contributed by atoms with Crippen LogP contribution in [0.1, 0.15) is 15.9 Å². The van der Waals surface area contributed by atoms with Crippen LogP contribution in [-0.4, -0.2) is 20.6 Å². The van der Waals surface area contributed by atoms with E-state index in [-0.39, 0.29) is 21.2 Å². The van der Waals surface area contributed by atoms with Crippen LogP contribution in [0.2, 0.25) is 5.02 Å². The van der Waals surface area contributed by atoms with E-state index in [1.54, 1.807) is 0 Å². The van der Waals surface area contributed by atoms with E-state index >= 15 is 0 Å². The first-order valence-electron chi connectivity index (χ1n) is 6.72. The lowest BCUT2D eigenvalue weighted by molar-refractivity contribution is -0.137. The Labute approximate surface area is 146 Å². The van der Waals surface area contributed by atoms with Gasteiger partial charge in [-0.1, -0.05) is 23.7 Å². The van der Waals surface area contributed by atoms with Crippen molar-refractivity contribution in [2.75, 3.05) is 11.7 Å². The number of carbonyl (C=O) groups excluding carboxylic acids is 1. The van der Waals surface area contributed by atoms with Crippen LogP contribution in [0.5, 0.6) is 0 Å². The summed E-state index contributed by atoms with van der Waals surface area (Å²) < 4.78 is 61.8. The highest BCUT2D eigenvalue weighted by molar-refractivity contribution is 7.90. The monoisotopic (exact) mass is 392 g/mol. The standard InChI is InChI=1S/C15H12ClF3N2O3S/c1-25(23,24)9-6-7-12(16)10(8-9)14(22)21-20-13-5-3-2-4-11(13)15(17,18)19/h2-8,20H,1H3,(H,21,22). The van der Waals surface area contributed by atoms with E-state index in [1.807, 2.05) is 0 Å². The van der Waals surface area contributed by atoms with E-state index in [2.05, 4.69) is 10.9 Å². The average Bonchev–Trinajstić information content (AvgIpc) is 2.51. The van der Waals surface area contributed by atoms with Crippen LogP contribution in [-0.2, 0) is 16.0 Å². The third-order valence-electron chi connectivity index (χ3n) is 3.15. The van der Waals surface area contributed by atoms with Crippen molar-refractivity contribution in [3.05, 3.63) is 58.6 Å². The Hall–Kier alpha value is -2.26. The molecule has 0 unspecified atom stereocenters. The zero-order valence-electron chi connectivity index (χ0n) is 12.7. The van der Waals surface area contributed by atoms with Crippen molar-refractivity contribution in [1.29, 1.82) is 0 Å². The topological polar surface area (TPSA) is 75.3 Å². The molecule has 0 saturated heterocycles. The summed E-state index contributed by atoms with van der Waals surface area (Å²) in [6, 6.07) is 8.05. The van der Waals surface area contributed by atoms with Crippen molar-refractivity contribution in [2.24, 2.45) is 0 Å². The van der Waals surface area contributed by atoms with E-state index in [1.165, 1.54) is 24.3 Å². The van der Waals surface area contributed by atoms with Crippen LogP contribution in [0.4, 0.5) is 18.9 Å². The zero-order chi connectivity index (χ0) is 18.8. The van der Waals surface area contributed by atoms with Crippen LogP contribution in [0.25, 0.3) is 0 Å². The molecule has 0 aliphatic carbocycles. The van der Waals surface area contributed by atoms with Gasteiger partial charge in [0.1, 0.15) is 0 Å². The van der Waals surface area contributed by atoms with Crippen molar-refractivity contribution in [3.63, 3.8) is 0 Å². The Morgan fingerprint density at radius 2 is 1.76 bits per heavy atom. The number of carbonyl (C=O) groups is 1. The van der Waals surface area contributed by atoms with Crippen LogP contribution in [0, 0.1) is 0 Å². The van der Waals surface area contributed by atoms with Crippen molar-refractivity contribution in [1.82, 2.24) is 5.43 Å². The number of benzene rings is 2. The third-order valence-corrected chi connectivity index (χ3v) is 4.59. The number of hydrazine groups is 1. The third kappa shape index (κ3) is 4.64. The first-order chi connectivity index (χ1) is 11.5. The second-order valence-corrected chi connectivity index (χ2v) is 7.46. The molecule has 0 atom stereocenters. The van der Waals surface area contributed by atoms with Gasteiger partial charge in [-0.25, -0.2) is 8.42 Å². The smallest absolute Gasteiger partial charge is 0.298 e. The van der Waals surface area contributed by atoms with Gasteiger partial charge in [0.25, 0.3) is 5.91 Å². The highest BCUT2D eigenvalue weighted by atomic mass is 35.5. The molecule has 0 fully saturated rings. The SMILES string of the molecule is CS(=O)(=O)c1ccc(Cl)c(C(=O)NNc2ccccc2C(F)(F)F)c1. The number of amides is 1. The predicted octanol–water partition coefficient (Wildman–Crippen LogP) is 3.52. The fraction of sp³-hybridized carbons (Fsp3) is 0.133. The Morgan fingerprint density at radius 3 is 2.36 bits per heavy atom. The Kier molecular flexibility index (Phi) is 5.28. The summed E-state index contributed by atoms with van der Waals surface area (Å²) in [6.07, 6.45) is -3.65. The van der Waals surface area contributed by atoms with Crippen molar-refractivity contribution >= 4 is 33.0 Å². The molecule has 0 spiro atoms. The molecular weight excluding hydrogens is 381 g/mol. The van der Waals surface area contributed by atoms with E-state index in [0.29, 0.717) is 0 Å². The van der Waals surface area contributed by atoms with Crippen molar-refractivity contribution in [2.45, 2.75) is 11.1 Å². The summed E-state index contributed by atoms with van der Waals surface area (Å²) in [7, 11) is -3.58. The summed E-state index contributed by atoms with van der Waals surface area (Å²) in [6.45, 7) is 0. The lowest BCUT2D eigenvalue weighted by Crippen LogP contribution is -2.30. The second-order valence-electron chi connectivity index (χ2n) is 5.04. The molecule has 2 N–H and O–H groups in total. The molecule has 0 bridgehead atoms. The second kappa shape index (κ2) is 6.93. The summed E-state index contributed by atoms with van der Waals surface area (Å²) in [4.78, 5) is 12.0. The normalized spacial score (nSPS) is 11.9. The van der Waals surface area contributed by atoms with Gasteiger partial charge in [-0.05, 0) is 30.3 Å². The number of sulfone groups is 1. The number of alkyl halides is 3. The zero-order valence-corrected chi connectivity index (χ0v) is 14.3. The number of halogens is 4. The van der Waals surface area contributed by atoms with Gasteiger partial charge in [-0.15, -0.1) is 0 Å². The van der Waals surface area contributed by atoms with Gasteiger partial charge in [0, 0.05) is 6.26 Å². The summed E-state index contributed by atoms with van der Waals surface area (Å²) in [5.41, 5.74) is 2.73. The molecule has 2 rings (SSSR count). The van der Waals surface area contributed by atoms with Crippen LogP contribution in [0.15, 0.2) is 47.4 Å². The molecule has 0 aliphatic heterocycles. The number of hydrogen-bond donors (Lipinski definition) is 2. The van der Waals surface area contributed by atoms with E-state index in [4.69, 9.17) is 11.6 Å². The van der Waals surface area contributed by atoms with Crippen molar-refractivity contribution in [3.8, 4) is 0 Å². The molecular formula is C15H12ClF3N2O3S. The van der Waals surface area contributed by atoms with Gasteiger partial charge >= 0.3 is 6.18 Å². The molecule has 1 amide bonds. The largest absolute Gasteiger partial charge is 0.418 e. The van der Waals surface area contributed by atoms with E-state index in [9.17, 15) is 26.4 Å². The van der Waals surface area contributed by atoms with Crippen molar-refractivity contribution < 1.29 is 26.4 Å². The minimum atomic E-state index is -4.61. The lowest BCUT2D eigenvalue weighted by atomic mass is 10.2. The number of nitrogens with one attached hydrogen (secondary N) is 2. The minimum Gasteiger partial charge on any atom is -0.298 e. The molecule has 0 saturated carbocycles. The van der Waals surface area contributed by atoms with Crippen LogP contribution < -0.4 is 10.9 Å². The molecule has 2 aromatic rings. The van der Waals surface area contributed by atoms with Gasteiger partial charge in [-0.3, -0.25) is 15.6 Å². The quantitative estimate of drug-likeness (QED) is 0.781. The molecule has 25 heavy (non-hydrogen) atoms. The van der Waals surface area contributed by atoms with Crippen LogP contribution >= 0.6 is 11.6 Å². The molecule has 0 radical (unpaired) electrons. The van der Waals surface area contributed by atoms with Crippen LogP contribution in [0.3, 0.4) is 0 Å². The van der Waals surface area contributed by atoms with Gasteiger partial charge in [0.15, 0.2) is 9.84 Å². The molecule has 0 aliphatic rings. The average molecular weight is 393 g/mol. The Bertz CT molecular complexity index is 914. The predicted molar refractivity (Wildman–Crippen MR) is 87.1 cm³/mol. The van der Waals surface area contributed by atoms with Gasteiger partial charge in [0.05, 0.1) is 26.7 Å². The fourth-order valence-electron chi connectivity index (χ4n) is 1.94. The van der Waals surface area contributed by atoms with Gasteiger partial charge in [0.2, 0.25) is 0 Å². The number of rotatable bonds is 4. The molecule has 134 valence electrons. The number of hydrogen-bond acceptors (Lipinski definition) is 4. The number of para-hydroxylation sites is 1. The number of anilines is 1. The highest BCUT2D eigenvalue weighted by Crippen LogP contribution is 2.34. The molecule has 10 heteroatoms. The van der Waals surface area contributed by atoms with E-state index in [0.717, 1.165) is 24.5 Å². The first kappa shape index (κ1) is 19.1. The van der Waals surface area contributed by atoms with Gasteiger partial charge in [-0.2, -0.15) is 13.2 Å². The summed E-state index contributed by atoms with van der Waals surface area (Å²) >= 11 is 5.86. The summed E-state index contributed by atoms with van der Waals surface area (Å²) in [5, 5.41) is -0.0455. The Morgan fingerprint density at radius 1 is 1.12 bits per heavy atom. The molecule has 0 heterocycles. The summed E-state index contributed by atoms with van der Waals surface area (Å²) in [5.74, 6) is -0.882. The lowest BCUT2D eigenvalue weighted by Gasteiger charge is -2.15. The first-order valence-corrected chi connectivity index (χ1v) is 8.99.